The fraction of sp³-hybridized carbons (Fsp3) is 0.222. The predicted molar refractivity (Wildman–Crippen MR) is 49.6 cm³/mol. The van der Waals surface area contributed by atoms with Crippen LogP contribution in [0.3, 0.4) is 0 Å². The molecule has 1 aromatic carbocycles. The molecule has 5 N–H and O–H groups in total. The molecule has 0 radical (unpaired) electrons. The number of nitrogens with two attached hydrogens (primary N) is 2. The maximum absolute atomic E-state index is 8.81. The molecule has 1 aromatic rings. The molecular formula is C9H11N3O. The highest BCUT2D eigenvalue weighted by molar-refractivity contribution is 5.50. The molecule has 1 rings (SSSR count). The molecule has 1 unspecified atom stereocenters. The van der Waals surface area contributed by atoms with E-state index in [0.717, 1.165) is 0 Å². The lowest BCUT2D eigenvalue weighted by molar-refractivity contribution is 0.268. The third-order valence-corrected chi connectivity index (χ3v) is 1.79. The van der Waals surface area contributed by atoms with Gasteiger partial charge in [0.15, 0.2) is 0 Å². The number of nitrogen functional groups attached to an aromatic ring is 1. The molecule has 1 atom stereocenters. The van der Waals surface area contributed by atoms with Crippen LogP contribution in [0.15, 0.2) is 18.2 Å². The zero-order valence-corrected chi connectivity index (χ0v) is 7.07. The number of rotatable bonds is 2. The molecule has 0 heterocycles. The molecule has 4 heteroatoms. The van der Waals surface area contributed by atoms with Crippen molar-refractivity contribution in [1.29, 1.82) is 5.26 Å². The van der Waals surface area contributed by atoms with E-state index in [4.69, 9.17) is 21.8 Å². The maximum atomic E-state index is 8.81. The quantitative estimate of drug-likeness (QED) is 0.559. The van der Waals surface area contributed by atoms with Crippen molar-refractivity contribution in [2.75, 3.05) is 12.3 Å². The van der Waals surface area contributed by atoms with Crippen LogP contribution in [0.4, 0.5) is 5.69 Å². The van der Waals surface area contributed by atoms with Gasteiger partial charge in [-0.3, -0.25) is 0 Å². The van der Waals surface area contributed by atoms with Crippen LogP contribution < -0.4 is 11.5 Å². The SMILES string of the molecule is N#Cc1cc(N)ccc1C(N)CO. The van der Waals surface area contributed by atoms with Gasteiger partial charge in [0.05, 0.1) is 24.3 Å². The minimum Gasteiger partial charge on any atom is -0.399 e. The summed E-state index contributed by atoms with van der Waals surface area (Å²) in [5.41, 5.74) is 12.6. The van der Waals surface area contributed by atoms with Gasteiger partial charge in [-0.05, 0) is 17.7 Å². The normalized spacial score (nSPS) is 12.1. The van der Waals surface area contributed by atoms with Gasteiger partial charge in [0.25, 0.3) is 0 Å². The zero-order valence-electron chi connectivity index (χ0n) is 7.07. The Bertz CT molecular complexity index is 343. The van der Waals surface area contributed by atoms with Gasteiger partial charge in [-0.25, -0.2) is 0 Å². The fourth-order valence-electron chi connectivity index (χ4n) is 1.09. The molecule has 0 aliphatic heterocycles. The Balaban J connectivity index is 3.15. The Morgan fingerprint density at radius 3 is 2.77 bits per heavy atom. The first-order valence-corrected chi connectivity index (χ1v) is 3.85. The van der Waals surface area contributed by atoms with Crippen molar-refractivity contribution < 1.29 is 5.11 Å². The van der Waals surface area contributed by atoms with Gasteiger partial charge in [-0.15, -0.1) is 0 Å². The van der Waals surface area contributed by atoms with E-state index in [1.807, 2.05) is 6.07 Å². The molecule has 0 bridgehead atoms. The molecule has 0 saturated heterocycles. The molecule has 0 amide bonds. The van der Waals surface area contributed by atoms with E-state index in [-0.39, 0.29) is 6.61 Å². The van der Waals surface area contributed by atoms with Crippen LogP contribution in [-0.2, 0) is 0 Å². The van der Waals surface area contributed by atoms with Crippen LogP contribution in [-0.4, -0.2) is 11.7 Å². The first-order chi connectivity index (χ1) is 6.19. The van der Waals surface area contributed by atoms with Crippen LogP contribution in [0.1, 0.15) is 17.2 Å². The smallest absolute Gasteiger partial charge is 0.0995 e. The van der Waals surface area contributed by atoms with Crippen LogP contribution >= 0.6 is 0 Å². The van der Waals surface area contributed by atoms with E-state index in [1.165, 1.54) is 0 Å². The lowest BCUT2D eigenvalue weighted by Crippen LogP contribution is -2.15. The van der Waals surface area contributed by atoms with Crippen molar-refractivity contribution in [3.63, 3.8) is 0 Å². The molecule has 68 valence electrons. The van der Waals surface area contributed by atoms with Gasteiger partial charge in [0.2, 0.25) is 0 Å². The average Bonchev–Trinajstić information content (AvgIpc) is 2.16. The summed E-state index contributed by atoms with van der Waals surface area (Å²) in [6.45, 7) is -0.182. The van der Waals surface area contributed by atoms with Gasteiger partial charge >= 0.3 is 0 Å². The number of nitriles is 1. The third kappa shape index (κ3) is 1.96. The van der Waals surface area contributed by atoms with Crippen LogP contribution in [0, 0.1) is 11.3 Å². The lowest BCUT2D eigenvalue weighted by Gasteiger charge is -2.10. The van der Waals surface area contributed by atoms with Crippen molar-refractivity contribution in [2.45, 2.75) is 6.04 Å². The summed E-state index contributed by atoms with van der Waals surface area (Å²) in [4.78, 5) is 0. The van der Waals surface area contributed by atoms with Crippen LogP contribution in [0.25, 0.3) is 0 Å². The van der Waals surface area contributed by atoms with Gasteiger partial charge in [-0.1, -0.05) is 6.07 Å². The molecule has 0 spiro atoms. The summed E-state index contributed by atoms with van der Waals surface area (Å²) >= 11 is 0. The summed E-state index contributed by atoms with van der Waals surface area (Å²) in [7, 11) is 0. The van der Waals surface area contributed by atoms with Crippen molar-refractivity contribution in [3.8, 4) is 6.07 Å². The average molecular weight is 177 g/mol. The Kier molecular flexibility index (Phi) is 2.85. The Labute approximate surface area is 76.4 Å². The third-order valence-electron chi connectivity index (χ3n) is 1.79. The Morgan fingerprint density at radius 2 is 2.23 bits per heavy atom. The molecule has 0 aliphatic carbocycles. The number of hydrogen-bond donors (Lipinski definition) is 3. The van der Waals surface area contributed by atoms with E-state index in [1.54, 1.807) is 18.2 Å². The fourth-order valence-corrected chi connectivity index (χ4v) is 1.09. The van der Waals surface area contributed by atoms with Gasteiger partial charge in [-0.2, -0.15) is 5.26 Å². The van der Waals surface area contributed by atoms with Crippen molar-refractivity contribution in [3.05, 3.63) is 29.3 Å². The van der Waals surface area contributed by atoms with Gasteiger partial charge in [0, 0.05) is 5.69 Å². The number of aliphatic hydroxyl groups excluding tert-OH is 1. The molecule has 4 nitrogen and oxygen atoms in total. The minimum atomic E-state index is -0.518. The molecule has 0 fully saturated rings. The largest absolute Gasteiger partial charge is 0.399 e. The summed E-state index contributed by atoms with van der Waals surface area (Å²) < 4.78 is 0. The number of anilines is 1. The number of hydrogen-bond acceptors (Lipinski definition) is 4. The van der Waals surface area contributed by atoms with Crippen molar-refractivity contribution in [1.82, 2.24) is 0 Å². The van der Waals surface area contributed by atoms with Crippen LogP contribution in [0.2, 0.25) is 0 Å². The first-order valence-electron chi connectivity index (χ1n) is 3.85. The Morgan fingerprint density at radius 1 is 1.54 bits per heavy atom. The van der Waals surface area contributed by atoms with Gasteiger partial charge in [0.1, 0.15) is 0 Å². The minimum absolute atomic E-state index is 0.182. The molecule has 0 aliphatic rings. The summed E-state index contributed by atoms with van der Waals surface area (Å²) in [6, 6.07) is 6.33. The van der Waals surface area contributed by atoms with E-state index >= 15 is 0 Å². The van der Waals surface area contributed by atoms with E-state index in [0.29, 0.717) is 16.8 Å². The zero-order chi connectivity index (χ0) is 9.84. The molecule has 13 heavy (non-hydrogen) atoms. The van der Waals surface area contributed by atoms with Crippen LogP contribution in [0.5, 0.6) is 0 Å². The molecular weight excluding hydrogens is 166 g/mol. The van der Waals surface area contributed by atoms with E-state index < -0.39 is 6.04 Å². The molecule has 0 aromatic heterocycles. The number of aliphatic hydroxyl groups is 1. The van der Waals surface area contributed by atoms with Gasteiger partial charge < -0.3 is 16.6 Å². The highest BCUT2D eigenvalue weighted by Gasteiger charge is 2.09. The van der Waals surface area contributed by atoms with Crippen molar-refractivity contribution in [2.24, 2.45) is 5.73 Å². The second-order valence-electron chi connectivity index (χ2n) is 2.75. The van der Waals surface area contributed by atoms with Crippen molar-refractivity contribution >= 4 is 5.69 Å². The lowest BCUT2D eigenvalue weighted by atomic mass is 10.0. The standard InChI is InChI=1S/C9H11N3O/c10-4-6-3-7(11)1-2-8(6)9(12)5-13/h1-3,9,13H,5,11-12H2. The summed E-state index contributed by atoms with van der Waals surface area (Å²) in [5.74, 6) is 0. The first kappa shape index (κ1) is 9.52. The topological polar surface area (TPSA) is 96.1 Å². The molecule has 0 saturated carbocycles. The monoisotopic (exact) mass is 177 g/mol. The second-order valence-corrected chi connectivity index (χ2v) is 2.75. The maximum Gasteiger partial charge on any atom is 0.0995 e. The summed E-state index contributed by atoms with van der Waals surface area (Å²) in [6.07, 6.45) is 0. The van der Waals surface area contributed by atoms with E-state index in [2.05, 4.69) is 0 Å². The highest BCUT2D eigenvalue weighted by atomic mass is 16.3. The second kappa shape index (κ2) is 3.90. The summed E-state index contributed by atoms with van der Waals surface area (Å²) in [5, 5.41) is 17.6. The number of benzene rings is 1. The predicted octanol–water partition coefficient (Wildman–Crippen LogP) is 0.133. The Hall–Kier alpha value is -1.57. The van der Waals surface area contributed by atoms with E-state index in [9.17, 15) is 0 Å². The number of nitrogens with zero attached hydrogens (tertiary/aromatic N) is 1. The highest BCUT2D eigenvalue weighted by Crippen LogP contribution is 2.17.